The number of aryl methyl sites for hydroxylation is 1. The van der Waals surface area contributed by atoms with Crippen LogP contribution < -0.4 is 10.2 Å². The summed E-state index contributed by atoms with van der Waals surface area (Å²) in [5, 5.41) is 4.26. The Hall–Kier alpha value is -1.83. The Labute approximate surface area is 168 Å². The lowest BCUT2D eigenvalue weighted by Gasteiger charge is -2.36. The summed E-state index contributed by atoms with van der Waals surface area (Å²) in [6.07, 6.45) is 1.86. The van der Waals surface area contributed by atoms with Gasteiger partial charge in [-0.05, 0) is 38.5 Å². The molecule has 2 unspecified atom stereocenters. The predicted molar refractivity (Wildman–Crippen MR) is 110 cm³/mol. The molecule has 2 heterocycles. The van der Waals surface area contributed by atoms with E-state index in [2.05, 4.69) is 34.0 Å². The highest BCUT2D eigenvalue weighted by molar-refractivity contribution is 7.99. The normalized spacial score (nSPS) is 19.8. The highest BCUT2D eigenvalue weighted by atomic mass is 35.5. The topological polar surface area (TPSA) is 67.4 Å². The lowest BCUT2D eigenvalue weighted by Crippen LogP contribution is -2.45. The Morgan fingerprint density at radius 1 is 1.30 bits per heavy atom. The number of thioether (sulfide) groups is 1. The van der Waals surface area contributed by atoms with E-state index >= 15 is 0 Å². The summed E-state index contributed by atoms with van der Waals surface area (Å²) >= 11 is 7.48. The van der Waals surface area contributed by atoms with E-state index in [0.29, 0.717) is 10.7 Å². The van der Waals surface area contributed by atoms with Gasteiger partial charge in [0.25, 0.3) is 0 Å². The SMILES string of the molecule is Cc1ccc(NC(=O)CSc2cc(N3CC(C)OC(C)C3)ncn2)cc1Cl. The van der Waals surface area contributed by atoms with Crippen molar-refractivity contribution in [2.45, 2.75) is 38.0 Å². The van der Waals surface area contributed by atoms with Crippen LogP contribution in [0.2, 0.25) is 5.02 Å². The second-order valence-electron chi connectivity index (χ2n) is 6.68. The first kappa shape index (κ1) is 19.9. The van der Waals surface area contributed by atoms with Crippen LogP contribution in [0.4, 0.5) is 11.5 Å². The number of ether oxygens (including phenoxy) is 1. The van der Waals surface area contributed by atoms with Gasteiger partial charge in [0.2, 0.25) is 5.91 Å². The van der Waals surface area contributed by atoms with Crippen molar-refractivity contribution >= 4 is 40.8 Å². The molecule has 0 saturated carbocycles. The summed E-state index contributed by atoms with van der Waals surface area (Å²) in [7, 11) is 0. The zero-order valence-electron chi connectivity index (χ0n) is 15.6. The first-order chi connectivity index (χ1) is 12.9. The van der Waals surface area contributed by atoms with E-state index in [1.807, 2.05) is 25.1 Å². The number of anilines is 2. The van der Waals surface area contributed by atoms with Gasteiger partial charge in [0.1, 0.15) is 17.2 Å². The van der Waals surface area contributed by atoms with Crippen molar-refractivity contribution in [3.63, 3.8) is 0 Å². The summed E-state index contributed by atoms with van der Waals surface area (Å²) in [5.74, 6) is 1.02. The van der Waals surface area contributed by atoms with Gasteiger partial charge < -0.3 is 15.0 Å². The number of hydrogen-bond donors (Lipinski definition) is 1. The molecule has 1 amide bonds. The van der Waals surface area contributed by atoms with Crippen molar-refractivity contribution in [3.05, 3.63) is 41.2 Å². The number of amides is 1. The van der Waals surface area contributed by atoms with Crippen LogP contribution in [0, 0.1) is 6.92 Å². The fourth-order valence-corrected chi connectivity index (χ4v) is 3.80. The van der Waals surface area contributed by atoms with E-state index in [0.717, 1.165) is 29.5 Å². The Morgan fingerprint density at radius 3 is 2.74 bits per heavy atom. The Kier molecular flexibility index (Phi) is 6.57. The number of halogens is 1. The van der Waals surface area contributed by atoms with Gasteiger partial charge in [-0.1, -0.05) is 29.4 Å². The van der Waals surface area contributed by atoms with Gasteiger partial charge in [0.05, 0.1) is 18.0 Å². The molecule has 0 spiro atoms. The van der Waals surface area contributed by atoms with Crippen molar-refractivity contribution in [2.75, 3.05) is 29.1 Å². The van der Waals surface area contributed by atoms with Gasteiger partial charge in [-0.25, -0.2) is 9.97 Å². The van der Waals surface area contributed by atoms with Crippen LogP contribution in [0.1, 0.15) is 19.4 Å². The van der Waals surface area contributed by atoms with Crippen LogP contribution >= 0.6 is 23.4 Å². The maximum absolute atomic E-state index is 12.2. The minimum Gasteiger partial charge on any atom is -0.372 e. The monoisotopic (exact) mass is 406 g/mol. The Bertz CT molecular complexity index is 810. The number of hydrogen-bond acceptors (Lipinski definition) is 6. The number of aromatic nitrogens is 2. The standard InChI is InChI=1S/C19H23ClN4O2S/c1-12-4-5-15(6-16(12)20)23-18(25)10-27-19-7-17(21-11-22-19)24-8-13(2)26-14(3)9-24/h4-7,11,13-14H,8-10H2,1-3H3,(H,23,25). The largest absolute Gasteiger partial charge is 0.372 e. The van der Waals surface area contributed by atoms with Crippen LogP contribution in [0.25, 0.3) is 0 Å². The molecule has 0 bridgehead atoms. The molecular weight excluding hydrogens is 384 g/mol. The summed E-state index contributed by atoms with van der Waals surface area (Å²) in [6, 6.07) is 7.40. The molecule has 1 N–H and O–H groups in total. The Morgan fingerprint density at radius 2 is 2.04 bits per heavy atom. The average Bonchev–Trinajstić information content (AvgIpc) is 2.62. The molecular formula is C19H23ClN4O2S. The predicted octanol–water partition coefficient (Wildman–Crippen LogP) is 3.78. The third-order valence-corrected chi connectivity index (χ3v) is 5.51. The fourth-order valence-electron chi connectivity index (χ4n) is 2.95. The molecule has 1 fully saturated rings. The minimum absolute atomic E-state index is 0.103. The molecule has 144 valence electrons. The molecule has 1 aliphatic rings. The molecule has 1 aliphatic heterocycles. The first-order valence-corrected chi connectivity index (χ1v) is 10.2. The Balaban J connectivity index is 1.57. The highest BCUT2D eigenvalue weighted by Crippen LogP contribution is 2.24. The van der Waals surface area contributed by atoms with E-state index in [9.17, 15) is 4.79 Å². The van der Waals surface area contributed by atoms with Gasteiger partial charge in [-0.3, -0.25) is 4.79 Å². The van der Waals surface area contributed by atoms with Gasteiger partial charge in [-0.15, -0.1) is 0 Å². The number of nitrogens with one attached hydrogen (secondary N) is 1. The summed E-state index contributed by atoms with van der Waals surface area (Å²) in [6.45, 7) is 7.62. The smallest absolute Gasteiger partial charge is 0.234 e. The third-order valence-electron chi connectivity index (χ3n) is 4.18. The molecule has 27 heavy (non-hydrogen) atoms. The molecule has 1 aromatic carbocycles. The van der Waals surface area contributed by atoms with E-state index in [1.165, 1.54) is 11.8 Å². The summed E-state index contributed by atoms with van der Waals surface area (Å²) in [5.41, 5.74) is 1.67. The van der Waals surface area contributed by atoms with Gasteiger partial charge >= 0.3 is 0 Å². The molecule has 1 aromatic heterocycles. The average molecular weight is 407 g/mol. The minimum atomic E-state index is -0.103. The van der Waals surface area contributed by atoms with E-state index in [1.54, 1.807) is 12.4 Å². The summed E-state index contributed by atoms with van der Waals surface area (Å²) < 4.78 is 5.77. The van der Waals surface area contributed by atoms with E-state index in [4.69, 9.17) is 16.3 Å². The van der Waals surface area contributed by atoms with Crippen molar-refractivity contribution in [1.29, 1.82) is 0 Å². The van der Waals surface area contributed by atoms with Gasteiger partial charge in [0.15, 0.2) is 0 Å². The van der Waals surface area contributed by atoms with Crippen molar-refractivity contribution in [1.82, 2.24) is 9.97 Å². The zero-order chi connectivity index (χ0) is 19.4. The van der Waals surface area contributed by atoms with Crippen molar-refractivity contribution < 1.29 is 9.53 Å². The number of nitrogens with zero attached hydrogens (tertiary/aromatic N) is 3. The van der Waals surface area contributed by atoms with Gasteiger partial charge in [0, 0.05) is 29.9 Å². The zero-order valence-corrected chi connectivity index (χ0v) is 17.2. The number of rotatable bonds is 5. The molecule has 0 aliphatic carbocycles. The van der Waals surface area contributed by atoms with Crippen LogP contribution in [-0.2, 0) is 9.53 Å². The molecule has 3 rings (SSSR count). The maximum atomic E-state index is 12.2. The second kappa shape index (κ2) is 8.91. The molecule has 2 aromatic rings. The van der Waals surface area contributed by atoms with Crippen LogP contribution in [0.3, 0.4) is 0 Å². The van der Waals surface area contributed by atoms with Crippen molar-refractivity contribution in [2.24, 2.45) is 0 Å². The molecule has 2 atom stereocenters. The summed E-state index contributed by atoms with van der Waals surface area (Å²) in [4.78, 5) is 23.0. The number of carbonyl (C=O) groups excluding carboxylic acids is 1. The van der Waals surface area contributed by atoms with Crippen molar-refractivity contribution in [3.8, 4) is 0 Å². The molecule has 0 radical (unpaired) electrons. The van der Waals surface area contributed by atoms with Crippen LogP contribution in [0.15, 0.2) is 35.6 Å². The van der Waals surface area contributed by atoms with E-state index in [-0.39, 0.29) is 23.9 Å². The highest BCUT2D eigenvalue weighted by Gasteiger charge is 2.23. The molecule has 6 nitrogen and oxygen atoms in total. The quantitative estimate of drug-likeness (QED) is 0.602. The lowest BCUT2D eigenvalue weighted by molar-refractivity contribution is -0.113. The van der Waals surface area contributed by atoms with Crippen LogP contribution in [0.5, 0.6) is 0 Å². The fraction of sp³-hybridized carbons (Fsp3) is 0.421. The number of benzene rings is 1. The number of morpholine rings is 1. The number of carbonyl (C=O) groups is 1. The maximum Gasteiger partial charge on any atom is 0.234 e. The second-order valence-corrected chi connectivity index (χ2v) is 8.08. The van der Waals surface area contributed by atoms with Gasteiger partial charge in [-0.2, -0.15) is 0 Å². The van der Waals surface area contributed by atoms with E-state index < -0.39 is 0 Å². The lowest BCUT2D eigenvalue weighted by atomic mass is 10.2. The van der Waals surface area contributed by atoms with Crippen LogP contribution in [-0.4, -0.2) is 46.9 Å². The molecule has 8 heteroatoms. The molecule has 1 saturated heterocycles. The first-order valence-electron chi connectivity index (χ1n) is 8.82. The third kappa shape index (κ3) is 5.57.